The normalized spacial score (nSPS) is 15.1. The fraction of sp³-hybridized carbons (Fsp3) is 0.560. The second kappa shape index (κ2) is 14.8. The Labute approximate surface area is 216 Å². The molecule has 0 aliphatic carbocycles. The molecule has 0 heterocycles. The van der Waals surface area contributed by atoms with E-state index in [1.165, 1.54) is 12.1 Å². The van der Waals surface area contributed by atoms with Crippen LogP contribution in [0, 0.1) is 11.8 Å². The molecule has 0 aliphatic rings. The van der Waals surface area contributed by atoms with Crippen molar-refractivity contribution in [1.29, 1.82) is 0 Å². The molecule has 0 saturated carbocycles. The monoisotopic (exact) mass is 521 g/mol. The van der Waals surface area contributed by atoms with Gasteiger partial charge in [-0.25, -0.2) is 4.79 Å². The lowest BCUT2D eigenvalue weighted by Crippen LogP contribution is -2.59. The molecule has 9 N–H and O–H groups in total. The first-order valence-electron chi connectivity index (χ1n) is 12.2. The molecule has 0 bridgehead atoms. The van der Waals surface area contributed by atoms with Gasteiger partial charge in [-0.1, -0.05) is 46.2 Å². The number of rotatable bonds is 15. The molecule has 206 valence electrons. The molecule has 0 aromatic heterocycles. The highest BCUT2D eigenvalue weighted by Gasteiger charge is 2.33. The first kappa shape index (κ1) is 31.4. The van der Waals surface area contributed by atoms with Gasteiger partial charge in [-0.15, -0.1) is 0 Å². The molecule has 1 aromatic rings. The zero-order chi connectivity index (χ0) is 28.3. The molecule has 0 spiro atoms. The van der Waals surface area contributed by atoms with Crippen molar-refractivity contribution in [1.82, 2.24) is 16.0 Å². The summed E-state index contributed by atoms with van der Waals surface area (Å²) in [6.45, 7) is 7.23. The molecule has 1 rings (SSSR count). The Balaban J connectivity index is 3.00. The van der Waals surface area contributed by atoms with Crippen LogP contribution in [0.4, 0.5) is 0 Å². The molecule has 1 aromatic carbocycles. The van der Waals surface area contributed by atoms with Crippen molar-refractivity contribution in [3.8, 4) is 5.75 Å². The van der Waals surface area contributed by atoms with Gasteiger partial charge in [0.1, 0.15) is 23.9 Å². The maximum Gasteiger partial charge on any atom is 0.326 e. The van der Waals surface area contributed by atoms with Crippen LogP contribution in [0.1, 0.15) is 52.5 Å². The average Bonchev–Trinajstić information content (AvgIpc) is 2.81. The topological polar surface area (TPSA) is 214 Å². The third kappa shape index (κ3) is 10.9. The number of nitrogens with two attached hydrogens (primary N) is 2. The molecule has 5 unspecified atom stereocenters. The van der Waals surface area contributed by atoms with E-state index in [1.807, 2.05) is 13.8 Å². The summed E-state index contributed by atoms with van der Waals surface area (Å²) < 4.78 is 0. The summed E-state index contributed by atoms with van der Waals surface area (Å²) in [6, 6.07) is 1.60. The van der Waals surface area contributed by atoms with E-state index in [4.69, 9.17) is 11.5 Å². The van der Waals surface area contributed by atoms with E-state index >= 15 is 0 Å². The Morgan fingerprint density at radius 1 is 0.892 bits per heavy atom. The number of carbonyl (C=O) groups excluding carboxylic acids is 4. The average molecular weight is 522 g/mol. The van der Waals surface area contributed by atoms with Gasteiger partial charge in [0.25, 0.3) is 0 Å². The summed E-state index contributed by atoms with van der Waals surface area (Å²) in [5.41, 5.74) is 11.8. The number of benzene rings is 1. The zero-order valence-electron chi connectivity index (χ0n) is 21.7. The number of aliphatic carboxylic acids is 1. The number of carboxylic acids is 1. The van der Waals surface area contributed by atoms with Gasteiger partial charge in [-0.3, -0.25) is 19.2 Å². The molecule has 5 atom stereocenters. The summed E-state index contributed by atoms with van der Waals surface area (Å²) in [6.07, 6.45) is 0.312. The first-order chi connectivity index (χ1) is 17.2. The molecule has 12 heteroatoms. The van der Waals surface area contributed by atoms with E-state index < -0.39 is 60.2 Å². The number of carboxylic acid groups (broad SMARTS) is 1. The molecule has 37 heavy (non-hydrogen) atoms. The van der Waals surface area contributed by atoms with Gasteiger partial charge < -0.3 is 37.6 Å². The Bertz CT molecular complexity index is 951. The summed E-state index contributed by atoms with van der Waals surface area (Å²) in [7, 11) is 0. The Kier molecular flexibility index (Phi) is 12.5. The van der Waals surface area contributed by atoms with E-state index in [2.05, 4.69) is 16.0 Å². The number of carbonyl (C=O) groups is 5. The van der Waals surface area contributed by atoms with Crippen LogP contribution < -0.4 is 27.4 Å². The second-order valence-electron chi connectivity index (χ2n) is 9.61. The van der Waals surface area contributed by atoms with Gasteiger partial charge in [0, 0.05) is 0 Å². The lowest BCUT2D eigenvalue weighted by atomic mass is 9.96. The molecule has 0 fully saturated rings. The van der Waals surface area contributed by atoms with Crippen molar-refractivity contribution in [2.45, 2.75) is 77.5 Å². The number of phenolic OH excluding ortho intramolecular Hbond substituents is 1. The fourth-order valence-electron chi connectivity index (χ4n) is 3.58. The smallest absolute Gasteiger partial charge is 0.326 e. The van der Waals surface area contributed by atoms with E-state index in [-0.39, 0.29) is 30.4 Å². The highest BCUT2D eigenvalue weighted by molar-refractivity contribution is 5.95. The molecule has 0 aliphatic heterocycles. The number of nitrogens with one attached hydrogen (secondary N) is 3. The van der Waals surface area contributed by atoms with E-state index in [0.717, 1.165) is 5.56 Å². The quantitative estimate of drug-likeness (QED) is 0.163. The van der Waals surface area contributed by atoms with E-state index in [9.17, 15) is 34.2 Å². The van der Waals surface area contributed by atoms with Gasteiger partial charge in [0.05, 0.1) is 12.5 Å². The van der Waals surface area contributed by atoms with Crippen molar-refractivity contribution in [2.75, 3.05) is 0 Å². The second-order valence-corrected chi connectivity index (χ2v) is 9.61. The largest absolute Gasteiger partial charge is 0.508 e. The molecule has 0 saturated heterocycles. The Morgan fingerprint density at radius 2 is 1.46 bits per heavy atom. The number of phenols is 1. The third-order valence-corrected chi connectivity index (χ3v) is 5.88. The van der Waals surface area contributed by atoms with Gasteiger partial charge in [-0.2, -0.15) is 0 Å². The van der Waals surface area contributed by atoms with Crippen LogP contribution in [-0.2, 0) is 30.4 Å². The van der Waals surface area contributed by atoms with Gasteiger partial charge in [0.2, 0.25) is 23.6 Å². The van der Waals surface area contributed by atoms with Crippen molar-refractivity contribution < 1.29 is 34.2 Å². The highest BCUT2D eigenvalue weighted by Crippen LogP contribution is 2.13. The Hall–Kier alpha value is -3.67. The molecule has 4 amide bonds. The summed E-state index contributed by atoms with van der Waals surface area (Å²) >= 11 is 0. The van der Waals surface area contributed by atoms with Crippen LogP contribution in [0.2, 0.25) is 0 Å². The van der Waals surface area contributed by atoms with Crippen LogP contribution in [0.5, 0.6) is 5.75 Å². The van der Waals surface area contributed by atoms with E-state index in [1.54, 1.807) is 26.0 Å². The maximum atomic E-state index is 13.2. The SMILES string of the molecule is CCC(C)C(NC(=O)C(CC(C)C)NC(=O)C(N)Cc1ccc(O)cc1)C(=O)NC(CC(N)=O)C(=O)O. The van der Waals surface area contributed by atoms with Gasteiger partial charge in [0.15, 0.2) is 0 Å². The highest BCUT2D eigenvalue weighted by atomic mass is 16.4. The number of amides is 4. The number of hydrogen-bond acceptors (Lipinski definition) is 7. The molecular formula is C25H39N5O7. The molecule has 12 nitrogen and oxygen atoms in total. The summed E-state index contributed by atoms with van der Waals surface area (Å²) in [5.74, 6) is -4.61. The maximum absolute atomic E-state index is 13.2. The number of aromatic hydroxyl groups is 1. The van der Waals surface area contributed by atoms with Crippen molar-refractivity contribution >= 4 is 29.6 Å². The van der Waals surface area contributed by atoms with Crippen molar-refractivity contribution in [3.05, 3.63) is 29.8 Å². The minimum atomic E-state index is -1.54. The van der Waals surface area contributed by atoms with E-state index in [0.29, 0.717) is 6.42 Å². The Morgan fingerprint density at radius 3 is 1.95 bits per heavy atom. The third-order valence-electron chi connectivity index (χ3n) is 5.88. The lowest BCUT2D eigenvalue weighted by Gasteiger charge is -2.28. The van der Waals surface area contributed by atoms with Gasteiger partial charge >= 0.3 is 5.97 Å². The number of hydrogen-bond donors (Lipinski definition) is 7. The minimum absolute atomic E-state index is 0.00667. The van der Waals surface area contributed by atoms with Crippen LogP contribution in [0.15, 0.2) is 24.3 Å². The fourth-order valence-corrected chi connectivity index (χ4v) is 3.58. The van der Waals surface area contributed by atoms with Crippen LogP contribution in [0.3, 0.4) is 0 Å². The van der Waals surface area contributed by atoms with Crippen LogP contribution in [0.25, 0.3) is 0 Å². The lowest BCUT2D eigenvalue weighted by molar-refractivity contribution is -0.144. The predicted molar refractivity (Wildman–Crippen MR) is 136 cm³/mol. The molecular weight excluding hydrogens is 482 g/mol. The summed E-state index contributed by atoms with van der Waals surface area (Å²) in [4.78, 5) is 61.5. The minimum Gasteiger partial charge on any atom is -0.508 e. The summed E-state index contributed by atoms with van der Waals surface area (Å²) in [5, 5.41) is 26.3. The number of primary amides is 1. The van der Waals surface area contributed by atoms with Crippen molar-refractivity contribution in [2.24, 2.45) is 23.3 Å². The first-order valence-corrected chi connectivity index (χ1v) is 12.2. The standard InChI is InChI=1S/C25H39N5O7/c1-5-14(4)21(24(35)29-19(25(36)37)12-20(27)32)30-23(34)18(10-13(2)3)28-22(33)17(26)11-15-6-8-16(31)9-7-15/h6-9,13-14,17-19,21,31H,5,10-12,26H2,1-4H3,(H2,27,32)(H,28,33)(H,29,35)(H,30,34)(H,36,37). The predicted octanol–water partition coefficient (Wildman–Crippen LogP) is -0.231. The molecule has 0 radical (unpaired) electrons. The van der Waals surface area contributed by atoms with Crippen LogP contribution in [-0.4, -0.2) is 64.0 Å². The van der Waals surface area contributed by atoms with Crippen LogP contribution >= 0.6 is 0 Å². The zero-order valence-corrected chi connectivity index (χ0v) is 21.7. The van der Waals surface area contributed by atoms with Crippen molar-refractivity contribution in [3.63, 3.8) is 0 Å². The van der Waals surface area contributed by atoms with Gasteiger partial charge in [-0.05, 0) is 42.4 Å².